The Labute approximate surface area is 81.0 Å². The molecular formula is C9H10N2OS. The van der Waals surface area contributed by atoms with Gasteiger partial charge >= 0.3 is 0 Å². The lowest BCUT2D eigenvalue weighted by Gasteiger charge is -1.90. The van der Waals surface area contributed by atoms with Gasteiger partial charge in [0.05, 0.1) is 0 Å². The molecule has 0 aliphatic carbocycles. The molecule has 0 fully saturated rings. The number of Topliss-reactive ketones (excluding diaryl/α,β-unsaturated/α-hetero) is 1. The minimum absolute atomic E-state index is 0.00565. The molecule has 0 spiro atoms. The van der Waals surface area contributed by atoms with E-state index in [-0.39, 0.29) is 5.78 Å². The molecule has 0 amide bonds. The fourth-order valence-electron chi connectivity index (χ4n) is 0.846. The third-order valence-corrected chi connectivity index (χ3v) is 2.38. The molecule has 0 aromatic carbocycles. The van der Waals surface area contributed by atoms with Crippen molar-refractivity contribution in [3.63, 3.8) is 0 Å². The summed E-state index contributed by atoms with van der Waals surface area (Å²) >= 11 is 1.40. The lowest BCUT2D eigenvalue weighted by Crippen LogP contribution is -2.01. The highest BCUT2D eigenvalue weighted by atomic mass is 32.1. The van der Waals surface area contributed by atoms with Gasteiger partial charge in [0.1, 0.15) is 10.7 Å². The molecule has 3 nitrogen and oxygen atoms in total. The highest BCUT2D eigenvalue weighted by Gasteiger charge is 2.08. The van der Waals surface area contributed by atoms with E-state index in [4.69, 9.17) is 12.2 Å². The van der Waals surface area contributed by atoms with E-state index in [9.17, 15) is 4.79 Å². The van der Waals surface area contributed by atoms with E-state index in [1.165, 1.54) is 11.3 Å². The normalized spacial score (nSPS) is 9.54. The molecule has 1 rings (SSSR count). The lowest BCUT2D eigenvalue weighted by molar-refractivity contribution is 0.0980. The van der Waals surface area contributed by atoms with Gasteiger partial charge in [0.25, 0.3) is 0 Å². The number of carbonyl (C=O) groups is 1. The third kappa shape index (κ3) is 2.65. The molecule has 13 heavy (non-hydrogen) atoms. The van der Waals surface area contributed by atoms with Crippen LogP contribution >= 0.6 is 11.3 Å². The highest BCUT2D eigenvalue weighted by Crippen LogP contribution is 2.11. The van der Waals surface area contributed by atoms with Crippen LogP contribution in [0.3, 0.4) is 0 Å². The Bertz CT molecular complexity index is 338. The van der Waals surface area contributed by atoms with E-state index < -0.39 is 0 Å². The first-order valence-corrected chi connectivity index (χ1v) is 4.77. The predicted molar refractivity (Wildman–Crippen MR) is 52.4 cm³/mol. The van der Waals surface area contributed by atoms with Gasteiger partial charge in [-0.15, -0.1) is 23.7 Å². The first-order chi connectivity index (χ1) is 6.27. The molecule has 1 aromatic heterocycles. The number of nitrogens with two attached hydrogens (primary N) is 1. The Morgan fingerprint density at radius 3 is 3.08 bits per heavy atom. The summed E-state index contributed by atoms with van der Waals surface area (Å²) in [5.41, 5.74) is 5.85. The Morgan fingerprint density at radius 2 is 2.54 bits per heavy atom. The summed E-state index contributed by atoms with van der Waals surface area (Å²) < 4.78 is 0. The van der Waals surface area contributed by atoms with E-state index in [1.54, 1.807) is 5.38 Å². The van der Waals surface area contributed by atoms with Crippen LogP contribution in [0.15, 0.2) is 5.38 Å². The van der Waals surface area contributed by atoms with Crippen LogP contribution in [0.25, 0.3) is 0 Å². The Balaban J connectivity index is 2.62. The summed E-state index contributed by atoms with van der Waals surface area (Å²) in [4.78, 5) is 15.4. The van der Waals surface area contributed by atoms with Crippen LogP contribution in [-0.4, -0.2) is 10.8 Å². The second-order valence-corrected chi connectivity index (χ2v) is 3.40. The number of ketones is 1. The smallest absolute Gasteiger partial charge is 0.182 e. The molecule has 0 aliphatic rings. The van der Waals surface area contributed by atoms with Gasteiger partial charge < -0.3 is 5.73 Å². The molecule has 1 heterocycles. The number of hydrogen-bond donors (Lipinski definition) is 1. The summed E-state index contributed by atoms with van der Waals surface area (Å²) in [6.07, 6.45) is 5.88. The number of hydrogen-bond acceptors (Lipinski definition) is 4. The van der Waals surface area contributed by atoms with Crippen molar-refractivity contribution in [2.45, 2.75) is 19.4 Å². The molecule has 1 aromatic rings. The Kier molecular flexibility index (Phi) is 3.62. The zero-order valence-corrected chi connectivity index (χ0v) is 7.93. The van der Waals surface area contributed by atoms with Crippen molar-refractivity contribution < 1.29 is 4.79 Å². The fourth-order valence-corrected chi connectivity index (χ4v) is 1.53. The number of aromatic nitrogens is 1. The second kappa shape index (κ2) is 4.75. The van der Waals surface area contributed by atoms with Crippen molar-refractivity contribution in [2.75, 3.05) is 0 Å². The van der Waals surface area contributed by atoms with Gasteiger partial charge in [-0.2, -0.15) is 0 Å². The van der Waals surface area contributed by atoms with Crippen LogP contribution in [0.5, 0.6) is 0 Å². The minimum Gasteiger partial charge on any atom is -0.325 e. The van der Waals surface area contributed by atoms with Gasteiger partial charge in [-0.3, -0.25) is 4.79 Å². The average Bonchev–Trinajstić information content (AvgIpc) is 2.62. The molecule has 4 heteroatoms. The zero-order chi connectivity index (χ0) is 9.68. The number of rotatable bonds is 4. The summed E-state index contributed by atoms with van der Waals surface area (Å²) in [6, 6.07) is 0. The topological polar surface area (TPSA) is 56.0 Å². The van der Waals surface area contributed by atoms with E-state index >= 15 is 0 Å². The largest absolute Gasteiger partial charge is 0.325 e. The molecule has 2 N–H and O–H groups in total. The molecule has 0 bridgehead atoms. The lowest BCUT2D eigenvalue weighted by atomic mass is 10.2. The van der Waals surface area contributed by atoms with Crippen LogP contribution in [0, 0.1) is 12.3 Å². The highest BCUT2D eigenvalue weighted by molar-refractivity contribution is 7.09. The van der Waals surface area contributed by atoms with Gasteiger partial charge in [-0.05, 0) is 0 Å². The second-order valence-electron chi connectivity index (χ2n) is 2.46. The maximum atomic E-state index is 11.3. The minimum atomic E-state index is -0.00565. The van der Waals surface area contributed by atoms with Crippen LogP contribution in [0.2, 0.25) is 0 Å². The van der Waals surface area contributed by atoms with Gasteiger partial charge in [0.2, 0.25) is 0 Å². The first kappa shape index (κ1) is 9.90. The predicted octanol–water partition coefficient (Wildman–Crippen LogP) is 1.20. The van der Waals surface area contributed by atoms with Crippen LogP contribution in [0.1, 0.15) is 28.3 Å². The third-order valence-electron chi connectivity index (χ3n) is 1.51. The SMILES string of the molecule is C#CCCC(=O)c1csc(CN)n1. The van der Waals surface area contributed by atoms with Gasteiger partial charge in [-0.25, -0.2) is 4.98 Å². The Hall–Kier alpha value is -1.18. The monoisotopic (exact) mass is 194 g/mol. The molecule has 0 saturated carbocycles. The standard InChI is InChI=1S/C9H10N2OS/c1-2-3-4-8(12)7-6-13-9(5-10)11-7/h1,6H,3-5,10H2. The summed E-state index contributed by atoms with van der Waals surface area (Å²) in [5.74, 6) is 2.41. The quantitative estimate of drug-likeness (QED) is 0.578. The van der Waals surface area contributed by atoms with Gasteiger partial charge in [0, 0.05) is 24.8 Å². The van der Waals surface area contributed by atoms with Gasteiger partial charge in [0.15, 0.2) is 5.78 Å². The Morgan fingerprint density at radius 1 is 1.77 bits per heavy atom. The van der Waals surface area contributed by atoms with E-state index in [1.807, 2.05) is 0 Å². The van der Waals surface area contributed by atoms with Crippen molar-refractivity contribution in [1.29, 1.82) is 0 Å². The fraction of sp³-hybridized carbons (Fsp3) is 0.333. The van der Waals surface area contributed by atoms with Crippen LogP contribution < -0.4 is 5.73 Å². The van der Waals surface area contributed by atoms with Crippen molar-refractivity contribution in [3.8, 4) is 12.3 Å². The maximum Gasteiger partial charge on any atom is 0.182 e. The maximum absolute atomic E-state index is 11.3. The van der Waals surface area contributed by atoms with Gasteiger partial charge in [-0.1, -0.05) is 0 Å². The molecule has 0 atom stereocenters. The van der Waals surface area contributed by atoms with E-state index in [0.29, 0.717) is 25.1 Å². The van der Waals surface area contributed by atoms with Crippen molar-refractivity contribution in [2.24, 2.45) is 5.73 Å². The summed E-state index contributed by atoms with van der Waals surface area (Å²) in [7, 11) is 0. The molecule has 68 valence electrons. The molecule has 0 radical (unpaired) electrons. The van der Waals surface area contributed by atoms with Crippen LogP contribution in [0.4, 0.5) is 0 Å². The number of carbonyl (C=O) groups excluding carboxylic acids is 1. The first-order valence-electron chi connectivity index (χ1n) is 3.89. The number of nitrogens with zero attached hydrogens (tertiary/aromatic N) is 1. The molecule has 0 aliphatic heterocycles. The van der Waals surface area contributed by atoms with Crippen LogP contribution in [-0.2, 0) is 6.54 Å². The van der Waals surface area contributed by atoms with Crippen molar-refractivity contribution >= 4 is 17.1 Å². The zero-order valence-electron chi connectivity index (χ0n) is 7.12. The van der Waals surface area contributed by atoms with Crippen molar-refractivity contribution in [3.05, 3.63) is 16.1 Å². The molecular weight excluding hydrogens is 184 g/mol. The summed E-state index contributed by atoms with van der Waals surface area (Å²) in [5, 5.41) is 2.50. The molecule has 0 saturated heterocycles. The van der Waals surface area contributed by atoms with E-state index in [0.717, 1.165) is 5.01 Å². The average molecular weight is 194 g/mol. The van der Waals surface area contributed by atoms with Crippen molar-refractivity contribution in [1.82, 2.24) is 4.98 Å². The van der Waals surface area contributed by atoms with E-state index in [2.05, 4.69) is 10.9 Å². The number of thiazole rings is 1. The summed E-state index contributed by atoms with van der Waals surface area (Å²) in [6.45, 7) is 0.382. The molecule has 0 unspecified atom stereocenters. The number of terminal acetylenes is 1.